The maximum absolute atomic E-state index is 12.7. The van der Waals surface area contributed by atoms with Crippen LogP contribution in [-0.2, 0) is 19.8 Å². The van der Waals surface area contributed by atoms with Crippen molar-refractivity contribution >= 4 is 5.91 Å². The van der Waals surface area contributed by atoms with E-state index in [-0.39, 0.29) is 11.6 Å². The van der Waals surface area contributed by atoms with Crippen molar-refractivity contribution < 1.29 is 18.0 Å². The van der Waals surface area contributed by atoms with E-state index in [4.69, 9.17) is 0 Å². The molecule has 0 fully saturated rings. The molecule has 9 heteroatoms. The maximum Gasteiger partial charge on any atom is 0.435 e. The molecule has 0 saturated carbocycles. The number of nitrogens with zero attached hydrogens (tertiary/aromatic N) is 4. The molecule has 0 aliphatic carbocycles. The van der Waals surface area contributed by atoms with Gasteiger partial charge in [0.05, 0.1) is 5.69 Å². The van der Waals surface area contributed by atoms with Crippen molar-refractivity contribution in [3.8, 4) is 0 Å². The number of carbonyl (C=O) groups excluding carboxylic acids is 1. The van der Waals surface area contributed by atoms with Crippen LogP contribution in [0.25, 0.3) is 0 Å². The number of halogens is 3. The van der Waals surface area contributed by atoms with E-state index in [0.717, 1.165) is 41.7 Å². The van der Waals surface area contributed by atoms with E-state index in [1.807, 2.05) is 13.1 Å². The van der Waals surface area contributed by atoms with Crippen LogP contribution in [0.4, 0.5) is 13.2 Å². The molecule has 0 radical (unpaired) electrons. The summed E-state index contributed by atoms with van der Waals surface area (Å²) in [6.07, 6.45) is -0.731. The zero-order valence-electron chi connectivity index (χ0n) is 13.4. The van der Waals surface area contributed by atoms with Gasteiger partial charge in [-0.25, -0.2) is 4.98 Å². The fraction of sp³-hybridized carbons (Fsp3) is 0.533. The SMILES string of the molecule is Cc1cn2c(n1)C(CNC(=O)c1cc(C(F)(F)F)nn1C)CCC2. The van der Waals surface area contributed by atoms with Crippen LogP contribution in [0.5, 0.6) is 0 Å². The Labute approximate surface area is 136 Å². The molecule has 0 spiro atoms. The molecule has 1 unspecified atom stereocenters. The molecule has 0 bridgehead atoms. The highest BCUT2D eigenvalue weighted by molar-refractivity contribution is 5.92. The highest BCUT2D eigenvalue weighted by atomic mass is 19.4. The topological polar surface area (TPSA) is 64.7 Å². The summed E-state index contributed by atoms with van der Waals surface area (Å²) in [4.78, 5) is 16.7. The van der Waals surface area contributed by atoms with Crippen molar-refractivity contribution in [2.75, 3.05) is 6.54 Å². The van der Waals surface area contributed by atoms with Crippen LogP contribution in [0.1, 0.15) is 46.5 Å². The highest BCUT2D eigenvalue weighted by Gasteiger charge is 2.35. The summed E-state index contributed by atoms with van der Waals surface area (Å²) in [5.74, 6) is 0.410. The van der Waals surface area contributed by atoms with Crippen LogP contribution in [-0.4, -0.2) is 31.8 Å². The van der Waals surface area contributed by atoms with Gasteiger partial charge < -0.3 is 9.88 Å². The van der Waals surface area contributed by atoms with E-state index in [1.54, 1.807) is 0 Å². The summed E-state index contributed by atoms with van der Waals surface area (Å²) in [6, 6.07) is 0.765. The predicted molar refractivity (Wildman–Crippen MR) is 79.5 cm³/mol. The Bertz CT molecular complexity index is 762. The Morgan fingerprint density at radius 1 is 1.46 bits per heavy atom. The van der Waals surface area contributed by atoms with Gasteiger partial charge in [0.1, 0.15) is 11.5 Å². The average molecular weight is 341 g/mol. The van der Waals surface area contributed by atoms with Gasteiger partial charge in [0.2, 0.25) is 0 Å². The number of rotatable bonds is 3. The molecule has 0 saturated heterocycles. The molecule has 2 aromatic heterocycles. The van der Waals surface area contributed by atoms with Crippen molar-refractivity contribution in [1.82, 2.24) is 24.6 Å². The molecule has 130 valence electrons. The largest absolute Gasteiger partial charge is 0.435 e. The Hall–Kier alpha value is -2.32. The first-order valence-corrected chi connectivity index (χ1v) is 7.69. The molecule has 0 aromatic carbocycles. The summed E-state index contributed by atoms with van der Waals surface area (Å²) in [5, 5.41) is 6.06. The van der Waals surface area contributed by atoms with Crippen molar-refractivity contribution in [3.63, 3.8) is 0 Å². The van der Waals surface area contributed by atoms with Gasteiger partial charge in [-0.3, -0.25) is 9.48 Å². The van der Waals surface area contributed by atoms with Crippen LogP contribution in [0, 0.1) is 6.92 Å². The summed E-state index contributed by atoms with van der Waals surface area (Å²) >= 11 is 0. The molecule has 1 amide bonds. The third-order valence-electron chi connectivity index (χ3n) is 4.16. The third-order valence-corrected chi connectivity index (χ3v) is 4.16. The van der Waals surface area contributed by atoms with Crippen molar-refractivity contribution in [1.29, 1.82) is 0 Å². The average Bonchev–Trinajstić information content (AvgIpc) is 3.06. The highest BCUT2D eigenvalue weighted by Crippen LogP contribution is 2.29. The standard InChI is InChI=1S/C15H18F3N5O/c1-9-8-23-5-3-4-10(13(23)20-9)7-19-14(24)11-6-12(15(16,17)18)21-22(11)2/h6,8,10H,3-5,7H2,1-2H3,(H,19,24). The van der Waals surface area contributed by atoms with E-state index in [0.29, 0.717) is 6.54 Å². The number of hydrogen-bond donors (Lipinski definition) is 1. The minimum Gasteiger partial charge on any atom is -0.350 e. The number of carbonyl (C=O) groups is 1. The van der Waals surface area contributed by atoms with Crippen LogP contribution >= 0.6 is 0 Å². The van der Waals surface area contributed by atoms with Crippen LogP contribution < -0.4 is 5.32 Å². The number of alkyl halides is 3. The lowest BCUT2D eigenvalue weighted by Gasteiger charge is -2.23. The number of aryl methyl sites for hydroxylation is 3. The second kappa shape index (κ2) is 5.95. The smallest absolute Gasteiger partial charge is 0.350 e. The van der Waals surface area contributed by atoms with E-state index < -0.39 is 17.8 Å². The lowest BCUT2D eigenvalue weighted by Crippen LogP contribution is -2.32. The summed E-state index contributed by atoms with van der Waals surface area (Å²) in [7, 11) is 1.32. The first-order chi connectivity index (χ1) is 11.3. The number of nitrogens with one attached hydrogen (secondary N) is 1. The van der Waals surface area contributed by atoms with Crippen molar-refractivity contribution in [2.45, 2.75) is 38.4 Å². The van der Waals surface area contributed by atoms with E-state index in [2.05, 4.69) is 20.0 Å². The van der Waals surface area contributed by atoms with E-state index >= 15 is 0 Å². The third kappa shape index (κ3) is 3.15. The molecule has 3 rings (SSSR count). The van der Waals surface area contributed by atoms with E-state index in [9.17, 15) is 18.0 Å². The number of imidazole rings is 1. The Morgan fingerprint density at radius 2 is 2.21 bits per heavy atom. The molecule has 1 atom stereocenters. The lowest BCUT2D eigenvalue weighted by atomic mass is 9.99. The maximum atomic E-state index is 12.7. The minimum absolute atomic E-state index is 0.0618. The van der Waals surface area contributed by atoms with E-state index in [1.165, 1.54) is 7.05 Å². The first-order valence-electron chi connectivity index (χ1n) is 7.69. The van der Waals surface area contributed by atoms with Crippen molar-refractivity contribution in [2.24, 2.45) is 7.05 Å². The molecule has 1 N–H and O–H groups in total. The molecule has 3 heterocycles. The van der Waals surface area contributed by atoms with Gasteiger partial charge in [-0.05, 0) is 19.8 Å². The van der Waals surface area contributed by atoms with Gasteiger partial charge in [-0.2, -0.15) is 18.3 Å². The number of hydrogen-bond acceptors (Lipinski definition) is 3. The van der Waals surface area contributed by atoms with Crippen LogP contribution in [0.3, 0.4) is 0 Å². The first kappa shape index (κ1) is 16.5. The lowest BCUT2D eigenvalue weighted by molar-refractivity contribution is -0.141. The molecule has 2 aromatic rings. The van der Waals surface area contributed by atoms with Crippen LogP contribution in [0.2, 0.25) is 0 Å². The quantitative estimate of drug-likeness (QED) is 0.931. The Balaban J connectivity index is 1.70. The second-order valence-electron chi connectivity index (χ2n) is 6.02. The van der Waals surface area contributed by atoms with Gasteiger partial charge in [0.15, 0.2) is 5.69 Å². The number of amides is 1. The molecular weight excluding hydrogens is 323 g/mol. The van der Waals surface area contributed by atoms with Gasteiger partial charge in [-0.15, -0.1) is 0 Å². The van der Waals surface area contributed by atoms with Gasteiger partial charge >= 0.3 is 6.18 Å². The molecule has 24 heavy (non-hydrogen) atoms. The molecule has 1 aliphatic rings. The summed E-state index contributed by atoms with van der Waals surface area (Å²) in [5.41, 5.74) is -0.263. The zero-order valence-corrected chi connectivity index (χ0v) is 13.4. The molecule has 1 aliphatic heterocycles. The number of fused-ring (bicyclic) bond motifs is 1. The second-order valence-corrected chi connectivity index (χ2v) is 6.02. The van der Waals surface area contributed by atoms with Crippen molar-refractivity contribution in [3.05, 3.63) is 35.2 Å². The van der Waals surface area contributed by atoms with Gasteiger partial charge in [-0.1, -0.05) is 0 Å². The van der Waals surface area contributed by atoms with Gasteiger partial charge in [0, 0.05) is 38.3 Å². The summed E-state index contributed by atoms with van der Waals surface area (Å²) < 4.78 is 41.0. The van der Waals surface area contributed by atoms with Crippen LogP contribution in [0.15, 0.2) is 12.3 Å². The monoisotopic (exact) mass is 341 g/mol. The molecular formula is C15H18F3N5O. The van der Waals surface area contributed by atoms with Gasteiger partial charge in [0.25, 0.3) is 5.91 Å². The normalized spacial score (nSPS) is 17.6. The Kier molecular flexibility index (Phi) is 4.10. The fourth-order valence-electron chi connectivity index (χ4n) is 3.03. The predicted octanol–water partition coefficient (Wildman–Crippen LogP) is 2.25. The number of aromatic nitrogens is 4. The minimum atomic E-state index is -4.57. The molecule has 6 nitrogen and oxygen atoms in total. The fourth-order valence-corrected chi connectivity index (χ4v) is 3.03. The summed E-state index contributed by atoms with van der Waals surface area (Å²) in [6.45, 7) is 3.15. The zero-order chi connectivity index (χ0) is 17.5. The Morgan fingerprint density at radius 3 is 2.88 bits per heavy atom.